The number of aromatic nitrogens is 4. The van der Waals surface area contributed by atoms with E-state index in [4.69, 9.17) is 9.26 Å². The summed E-state index contributed by atoms with van der Waals surface area (Å²) in [5.74, 6) is 0.283. The summed E-state index contributed by atoms with van der Waals surface area (Å²) in [6.07, 6.45) is 2.29. The number of anilines is 1. The van der Waals surface area contributed by atoms with Crippen LogP contribution in [-0.4, -0.2) is 55.9 Å². The molecule has 0 spiro atoms. The van der Waals surface area contributed by atoms with Gasteiger partial charge < -0.3 is 19.5 Å². The van der Waals surface area contributed by atoms with E-state index in [1.165, 1.54) is 12.7 Å². The van der Waals surface area contributed by atoms with Crippen LogP contribution < -0.4 is 10.6 Å². The number of fused-ring (bicyclic) bond motifs is 1. The van der Waals surface area contributed by atoms with E-state index in [2.05, 4.69) is 25.6 Å². The third-order valence-electron chi connectivity index (χ3n) is 3.93. The summed E-state index contributed by atoms with van der Waals surface area (Å²) in [5, 5.41) is 5.25. The summed E-state index contributed by atoms with van der Waals surface area (Å²) < 4.78 is 24.6. The number of carbonyl (C=O) groups excluding carboxylic acids is 1. The van der Waals surface area contributed by atoms with Crippen molar-refractivity contribution in [3.63, 3.8) is 0 Å². The first-order valence-corrected chi connectivity index (χ1v) is 10.9. The van der Waals surface area contributed by atoms with Crippen LogP contribution in [-0.2, 0) is 13.8 Å². The lowest BCUT2D eigenvalue weighted by molar-refractivity contribution is -0.0336. The molecule has 2 rings (SSSR count). The maximum atomic E-state index is 12.0. The van der Waals surface area contributed by atoms with Crippen LogP contribution in [0.1, 0.15) is 40.3 Å². The molecule has 12 heteroatoms. The van der Waals surface area contributed by atoms with Crippen LogP contribution in [0, 0.1) is 0 Å². The molecule has 2 amide bonds. The number of ether oxygens (including phenoxy) is 1. The Labute approximate surface area is 163 Å². The Balaban J connectivity index is 2.18. The van der Waals surface area contributed by atoms with Gasteiger partial charge in [0.15, 0.2) is 17.0 Å². The molecular formula is C16H27N6O5P. The first kappa shape index (κ1) is 22.2. The number of imidazole rings is 1. The summed E-state index contributed by atoms with van der Waals surface area (Å²) in [7, 11) is -3.71. The van der Waals surface area contributed by atoms with Gasteiger partial charge in [-0.25, -0.2) is 19.7 Å². The van der Waals surface area contributed by atoms with E-state index in [1.807, 2.05) is 13.8 Å². The maximum absolute atomic E-state index is 12.0. The van der Waals surface area contributed by atoms with Crippen LogP contribution in [0.15, 0.2) is 12.7 Å². The molecule has 3 unspecified atom stereocenters. The molecule has 2 heterocycles. The quantitative estimate of drug-likeness (QED) is 0.504. The number of nitrogens with one attached hydrogen (secondary N) is 2. The van der Waals surface area contributed by atoms with Gasteiger partial charge in [0.05, 0.1) is 25.2 Å². The lowest BCUT2D eigenvalue weighted by atomic mass is 10.3. The molecule has 3 N–H and O–H groups in total. The van der Waals surface area contributed by atoms with E-state index in [0.717, 1.165) is 0 Å². The fourth-order valence-corrected chi connectivity index (χ4v) is 4.01. The van der Waals surface area contributed by atoms with Crippen molar-refractivity contribution in [1.82, 2.24) is 24.8 Å². The topological polar surface area (TPSA) is 140 Å². The van der Waals surface area contributed by atoms with Crippen LogP contribution in [0.4, 0.5) is 10.6 Å². The molecule has 0 aliphatic rings. The van der Waals surface area contributed by atoms with Gasteiger partial charge in [-0.3, -0.25) is 14.4 Å². The van der Waals surface area contributed by atoms with Crippen molar-refractivity contribution >= 4 is 30.6 Å². The molecule has 0 saturated carbocycles. The fourth-order valence-electron chi connectivity index (χ4n) is 2.65. The van der Waals surface area contributed by atoms with Crippen molar-refractivity contribution < 1.29 is 23.5 Å². The number of nitrogens with zero attached hydrogens (tertiary/aromatic N) is 4. The van der Waals surface area contributed by atoms with Gasteiger partial charge in [-0.2, -0.15) is 0 Å². The van der Waals surface area contributed by atoms with Crippen molar-refractivity contribution in [3.8, 4) is 0 Å². The van der Waals surface area contributed by atoms with Crippen molar-refractivity contribution in [1.29, 1.82) is 0 Å². The number of urea groups is 1. The largest absolute Gasteiger partial charge is 0.354 e. The standard InChI is InChI=1S/C16H27N6O5P/c1-5-12(8-28(24,25)26-7-3)27-11(4)22-10-20-13-14(18-9-19-15(13)22)21-16(23)17-6-2/h9-12H,5-8H2,1-4H3,(H,24,25)(H2,17,18,19,21,23). The van der Waals surface area contributed by atoms with Crippen molar-refractivity contribution in [2.75, 3.05) is 24.6 Å². The highest BCUT2D eigenvalue weighted by atomic mass is 31.2. The number of hydrogen-bond acceptors (Lipinski definition) is 7. The molecule has 0 aliphatic heterocycles. The minimum Gasteiger partial charge on any atom is -0.354 e. The Bertz CT molecular complexity index is 844. The molecule has 2 aromatic heterocycles. The van der Waals surface area contributed by atoms with Gasteiger partial charge in [-0.05, 0) is 27.2 Å². The van der Waals surface area contributed by atoms with Gasteiger partial charge in [0, 0.05) is 6.54 Å². The third kappa shape index (κ3) is 5.71. The van der Waals surface area contributed by atoms with Gasteiger partial charge in [-0.1, -0.05) is 6.92 Å². The second-order valence-corrected chi connectivity index (χ2v) is 7.93. The smallest absolute Gasteiger partial charge is 0.330 e. The molecule has 0 fully saturated rings. The molecule has 0 radical (unpaired) electrons. The highest BCUT2D eigenvalue weighted by Crippen LogP contribution is 2.43. The van der Waals surface area contributed by atoms with Crippen molar-refractivity contribution in [2.24, 2.45) is 0 Å². The van der Waals surface area contributed by atoms with E-state index in [9.17, 15) is 14.3 Å². The zero-order valence-electron chi connectivity index (χ0n) is 16.5. The number of hydrogen-bond donors (Lipinski definition) is 3. The van der Waals surface area contributed by atoms with Crippen LogP contribution in [0.2, 0.25) is 0 Å². The highest BCUT2D eigenvalue weighted by molar-refractivity contribution is 7.52. The molecule has 0 bridgehead atoms. The molecule has 0 saturated heterocycles. The van der Waals surface area contributed by atoms with Gasteiger partial charge in [0.1, 0.15) is 12.6 Å². The molecule has 3 atom stereocenters. The summed E-state index contributed by atoms with van der Waals surface area (Å²) in [4.78, 5) is 34.2. The molecule has 156 valence electrons. The van der Waals surface area contributed by atoms with Crippen LogP contribution in [0.5, 0.6) is 0 Å². The Morgan fingerprint density at radius 2 is 2.07 bits per heavy atom. The van der Waals surface area contributed by atoms with E-state index >= 15 is 0 Å². The van der Waals surface area contributed by atoms with Gasteiger partial charge >= 0.3 is 13.6 Å². The average molecular weight is 414 g/mol. The normalized spacial score (nSPS) is 15.8. The van der Waals surface area contributed by atoms with Crippen molar-refractivity contribution in [3.05, 3.63) is 12.7 Å². The molecule has 0 aromatic carbocycles. The summed E-state index contributed by atoms with van der Waals surface area (Å²) in [6, 6.07) is -0.387. The first-order valence-electron chi connectivity index (χ1n) is 9.15. The van der Waals surface area contributed by atoms with E-state index in [0.29, 0.717) is 24.1 Å². The zero-order chi connectivity index (χ0) is 20.7. The number of carbonyl (C=O) groups is 1. The third-order valence-corrected chi connectivity index (χ3v) is 5.46. The molecule has 11 nitrogen and oxygen atoms in total. The van der Waals surface area contributed by atoms with Gasteiger partial charge in [-0.15, -0.1) is 0 Å². The van der Waals surface area contributed by atoms with E-state index in [1.54, 1.807) is 18.4 Å². The first-order chi connectivity index (χ1) is 13.3. The molecule has 28 heavy (non-hydrogen) atoms. The molecule has 2 aromatic rings. The maximum Gasteiger partial charge on any atom is 0.330 e. The minimum atomic E-state index is -3.71. The van der Waals surface area contributed by atoms with Crippen LogP contribution in [0.3, 0.4) is 0 Å². The Hall–Kier alpha value is -2.07. The van der Waals surface area contributed by atoms with E-state index in [-0.39, 0.29) is 24.6 Å². The number of amides is 2. The minimum absolute atomic E-state index is 0.104. The SMILES string of the molecule is CCNC(=O)Nc1ncnc2c1ncn2C(C)OC(CC)CP(=O)(O)OCC. The summed E-state index contributed by atoms with van der Waals surface area (Å²) in [6.45, 7) is 7.76. The predicted octanol–water partition coefficient (Wildman–Crippen LogP) is 2.50. The summed E-state index contributed by atoms with van der Waals surface area (Å²) >= 11 is 0. The Morgan fingerprint density at radius 3 is 2.71 bits per heavy atom. The van der Waals surface area contributed by atoms with Crippen LogP contribution >= 0.6 is 7.60 Å². The lowest BCUT2D eigenvalue weighted by Crippen LogP contribution is -2.28. The molecular weight excluding hydrogens is 387 g/mol. The zero-order valence-corrected chi connectivity index (χ0v) is 17.3. The van der Waals surface area contributed by atoms with E-state index < -0.39 is 19.9 Å². The van der Waals surface area contributed by atoms with Crippen LogP contribution in [0.25, 0.3) is 11.2 Å². The highest BCUT2D eigenvalue weighted by Gasteiger charge is 2.27. The second kappa shape index (κ2) is 9.92. The second-order valence-electron chi connectivity index (χ2n) is 6.03. The average Bonchev–Trinajstić information content (AvgIpc) is 3.06. The Morgan fingerprint density at radius 1 is 1.32 bits per heavy atom. The number of rotatable bonds is 10. The van der Waals surface area contributed by atoms with Gasteiger partial charge in [0.2, 0.25) is 0 Å². The Kier molecular flexibility index (Phi) is 7.88. The summed E-state index contributed by atoms with van der Waals surface area (Å²) in [5.41, 5.74) is 0.889. The fraction of sp³-hybridized carbons (Fsp3) is 0.625. The lowest BCUT2D eigenvalue weighted by Gasteiger charge is -2.24. The predicted molar refractivity (Wildman–Crippen MR) is 104 cm³/mol. The van der Waals surface area contributed by atoms with Gasteiger partial charge in [0.25, 0.3) is 0 Å². The monoisotopic (exact) mass is 414 g/mol. The molecule has 0 aliphatic carbocycles. The van der Waals surface area contributed by atoms with Crippen molar-refractivity contribution in [2.45, 2.75) is 46.4 Å².